The van der Waals surface area contributed by atoms with Crippen molar-refractivity contribution >= 4 is 45.0 Å². The largest absolute Gasteiger partial charge is 0.391 e. The zero-order valence-electron chi connectivity index (χ0n) is 20.7. The number of aliphatic hydroxyl groups excluding tert-OH is 1. The Balaban J connectivity index is 1.73. The number of hydrogen-bond donors (Lipinski definition) is 3. The summed E-state index contributed by atoms with van der Waals surface area (Å²) in [6, 6.07) is 6.02. The second kappa shape index (κ2) is 11.2. The third-order valence-electron chi connectivity index (χ3n) is 6.18. The molecule has 10 heteroatoms. The van der Waals surface area contributed by atoms with Crippen molar-refractivity contribution in [3.8, 4) is 10.4 Å². The number of rotatable bonds is 7. The van der Waals surface area contributed by atoms with Crippen LogP contribution < -0.4 is 10.6 Å². The van der Waals surface area contributed by atoms with Crippen LogP contribution in [0.1, 0.15) is 51.4 Å². The lowest BCUT2D eigenvalue weighted by Crippen LogP contribution is -2.58. The molecule has 1 aromatic heterocycles. The van der Waals surface area contributed by atoms with Crippen molar-refractivity contribution < 1.29 is 19.5 Å². The van der Waals surface area contributed by atoms with E-state index in [1.54, 1.807) is 11.3 Å². The Kier molecular flexibility index (Phi) is 8.72. The molecule has 4 atom stereocenters. The lowest BCUT2D eigenvalue weighted by Gasteiger charge is -2.35. The summed E-state index contributed by atoms with van der Waals surface area (Å²) < 4.78 is 0. The van der Waals surface area contributed by atoms with Gasteiger partial charge in [0.05, 0.1) is 33.6 Å². The van der Waals surface area contributed by atoms with Crippen LogP contribution in [0, 0.1) is 12.3 Å². The number of carbonyl (C=O) groups excluding carboxylic acids is 3. The van der Waals surface area contributed by atoms with Crippen molar-refractivity contribution in [2.45, 2.75) is 65.3 Å². The number of hydrogen-bond acceptors (Lipinski definition) is 6. The van der Waals surface area contributed by atoms with Crippen molar-refractivity contribution in [3.05, 3.63) is 41.0 Å². The summed E-state index contributed by atoms with van der Waals surface area (Å²) in [5, 5.41) is 16.1. The molecule has 2 aromatic rings. The molecule has 2 heterocycles. The number of alkyl halides is 1. The van der Waals surface area contributed by atoms with Crippen molar-refractivity contribution in [1.82, 2.24) is 20.5 Å². The van der Waals surface area contributed by atoms with Crippen molar-refractivity contribution in [2.24, 2.45) is 5.41 Å². The van der Waals surface area contributed by atoms with Crippen LogP contribution in [-0.2, 0) is 14.4 Å². The van der Waals surface area contributed by atoms with Gasteiger partial charge in [0.25, 0.3) is 0 Å². The molecule has 1 aromatic carbocycles. The van der Waals surface area contributed by atoms with Crippen LogP contribution in [0.15, 0.2) is 29.8 Å². The van der Waals surface area contributed by atoms with Gasteiger partial charge in [0.1, 0.15) is 12.1 Å². The molecule has 1 aliphatic heterocycles. The first-order valence-electron chi connectivity index (χ1n) is 11.6. The number of amides is 3. The molecule has 35 heavy (non-hydrogen) atoms. The number of aryl methyl sites for hydroxylation is 1. The summed E-state index contributed by atoms with van der Waals surface area (Å²) in [6.07, 6.45) is -0.656. The van der Waals surface area contributed by atoms with Gasteiger partial charge >= 0.3 is 0 Å². The molecule has 0 radical (unpaired) electrons. The number of nitrogens with one attached hydrogen (secondary N) is 2. The van der Waals surface area contributed by atoms with E-state index in [4.69, 9.17) is 0 Å². The highest BCUT2D eigenvalue weighted by atomic mass is 79.9. The first-order chi connectivity index (χ1) is 16.4. The normalized spacial score (nSPS) is 19.8. The van der Waals surface area contributed by atoms with Gasteiger partial charge in [0.15, 0.2) is 0 Å². The van der Waals surface area contributed by atoms with E-state index in [9.17, 15) is 19.5 Å². The number of nitrogens with zero attached hydrogens (tertiary/aromatic N) is 2. The first-order valence-corrected chi connectivity index (χ1v) is 13.6. The monoisotopic (exact) mass is 564 g/mol. The second-order valence-electron chi connectivity index (χ2n) is 10.0. The number of thiazole rings is 1. The molecule has 1 unspecified atom stereocenters. The molecule has 8 nitrogen and oxygen atoms in total. The van der Waals surface area contributed by atoms with Crippen LogP contribution in [0.4, 0.5) is 0 Å². The summed E-state index contributed by atoms with van der Waals surface area (Å²) in [5.74, 6) is -1.02. The Morgan fingerprint density at radius 2 is 1.89 bits per heavy atom. The Hall–Kier alpha value is -2.30. The molecule has 3 rings (SSSR count). The number of halogens is 1. The van der Waals surface area contributed by atoms with Crippen LogP contribution >= 0.6 is 27.3 Å². The van der Waals surface area contributed by atoms with Gasteiger partial charge in [-0.2, -0.15) is 0 Å². The third-order valence-corrected chi connectivity index (χ3v) is 7.67. The summed E-state index contributed by atoms with van der Waals surface area (Å²) in [7, 11) is 0. The van der Waals surface area contributed by atoms with Gasteiger partial charge in [-0.25, -0.2) is 4.98 Å². The molecular weight excluding hydrogens is 532 g/mol. The van der Waals surface area contributed by atoms with Crippen molar-refractivity contribution in [2.75, 3.05) is 11.9 Å². The van der Waals surface area contributed by atoms with E-state index in [1.165, 1.54) is 4.90 Å². The van der Waals surface area contributed by atoms with E-state index >= 15 is 0 Å². The van der Waals surface area contributed by atoms with E-state index in [1.807, 2.05) is 64.4 Å². The minimum Gasteiger partial charge on any atom is -0.391 e. The predicted octanol–water partition coefficient (Wildman–Crippen LogP) is 3.18. The molecular formula is C25H33BrN4O4S. The molecule has 190 valence electrons. The van der Waals surface area contributed by atoms with Gasteiger partial charge in [-0.15, -0.1) is 11.3 Å². The Labute approximate surface area is 218 Å². The SMILES string of the molecule is Cc1ncsc1-c1ccc([C@H](C)NC(=O)[C@@H]2C[C@@H](O)CN2C(=O)C(NC(=O)CBr)C(C)(C)C)cc1. The van der Waals surface area contributed by atoms with E-state index in [-0.39, 0.29) is 42.1 Å². The maximum Gasteiger partial charge on any atom is 0.246 e. The summed E-state index contributed by atoms with van der Waals surface area (Å²) in [5.41, 5.74) is 4.23. The fourth-order valence-corrected chi connectivity index (χ4v) is 5.19. The van der Waals surface area contributed by atoms with Crippen molar-refractivity contribution in [1.29, 1.82) is 0 Å². The Morgan fingerprint density at radius 3 is 2.43 bits per heavy atom. The molecule has 3 N–H and O–H groups in total. The number of β-amino-alcohol motifs (C(OH)–C–C–N with tert-alkyl or cyclic N) is 1. The lowest BCUT2D eigenvalue weighted by atomic mass is 9.85. The predicted molar refractivity (Wildman–Crippen MR) is 140 cm³/mol. The maximum atomic E-state index is 13.4. The maximum absolute atomic E-state index is 13.4. The average molecular weight is 566 g/mol. The number of likely N-dealkylation sites (tertiary alicyclic amines) is 1. The van der Waals surface area contributed by atoms with Crippen LogP contribution in [0.2, 0.25) is 0 Å². The zero-order valence-corrected chi connectivity index (χ0v) is 23.1. The molecule has 1 fully saturated rings. The van der Waals surface area contributed by atoms with Gasteiger partial charge in [-0.05, 0) is 30.4 Å². The molecule has 0 bridgehead atoms. The van der Waals surface area contributed by atoms with E-state index in [0.29, 0.717) is 0 Å². The summed E-state index contributed by atoms with van der Waals surface area (Å²) >= 11 is 4.70. The standard InChI is InChI=1S/C25H33BrN4O4S/c1-14(16-6-8-17(9-7-16)21-15(2)27-13-35-21)28-23(33)19-10-18(31)12-30(19)24(34)22(25(3,4)5)29-20(32)11-26/h6-9,13-14,18-19,22,31H,10-12H2,1-5H3,(H,28,33)(H,29,32)/t14-,18+,19-,22?/m0/s1. The zero-order chi connectivity index (χ0) is 25.9. The van der Waals surface area contributed by atoms with Gasteiger partial charge in [0, 0.05) is 13.0 Å². The van der Waals surface area contributed by atoms with E-state index < -0.39 is 23.6 Å². The minimum atomic E-state index is -0.826. The van der Waals surface area contributed by atoms with Gasteiger partial charge < -0.3 is 20.6 Å². The molecule has 1 saturated heterocycles. The second-order valence-corrected chi connectivity index (χ2v) is 11.4. The third kappa shape index (κ3) is 6.48. The number of benzene rings is 1. The van der Waals surface area contributed by atoms with Gasteiger partial charge in [-0.3, -0.25) is 14.4 Å². The molecule has 3 amide bonds. The number of carbonyl (C=O) groups is 3. The van der Waals surface area contributed by atoms with Crippen LogP contribution in [-0.4, -0.2) is 62.8 Å². The number of aliphatic hydroxyl groups is 1. The minimum absolute atomic E-state index is 0.0466. The van der Waals surface area contributed by atoms with Crippen LogP contribution in [0.5, 0.6) is 0 Å². The average Bonchev–Trinajstić information content (AvgIpc) is 3.41. The topological polar surface area (TPSA) is 112 Å². The summed E-state index contributed by atoms with van der Waals surface area (Å²) in [4.78, 5) is 45.5. The van der Waals surface area contributed by atoms with Crippen LogP contribution in [0.3, 0.4) is 0 Å². The fraction of sp³-hybridized carbons (Fsp3) is 0.520. The smallest absolute Gasteiger partial charge is 0.246 e. The molecule has 0 spiro atoms. The van der Waals surface area contributed by atoms with E-state index in [0.717, 1.165) is 21.7 Å². The van der Waals surface area contributed by atoms with Crippen LogP contribution in [0.25, 0.3) is 10.4 Å². The quantitative estimate of drug-likeness (QED) is 0.447. The van der Waals surface area contributed by atoms with Crippen molar-refractivity contribution in [3.63, 3.8) is 0 Å². The molecule has 0 aliphatic carbocycles. The Bertz CT molecular complexity index is 1070. The molecule has 0 saturated carbocycles. The summed E-state index contributed by atoms with van der Waals surface area (Å²) in [6.45, 7) is 9.46. The highest BCUT2D eigenvalue weighted by molar-refractivity contribution is 9.09. The highest BCUT2D eigenvalue weighted by Crippen LogP contribution is 2.29. The van der Waals surface area contributed by atoms with Gasteiger partial charge in [0.2, 0.25) is 17.7 Å². The Morgan fingerprint density at radius 1 is 1.23 bits per heavy atom. The highest BCUT2D eigenvalue weighted by Gasteiger charge is 2.44. The first kappa shape index (κ1) is 27.3. The number of aromatic nitrogens is 1. The molecule has 1 aliphatic rings. The fourth-order valence-electron chi connectivity index (χ4n) is 4.22. The van der Waals surface area contributed by atoms with Gasteiger partial charge in [-0.1, -0.05) is 61.0 Å². The van der Waals surface area contributed by atoms with E-state index in [2.05, 4.69) is 31.5 Å². The lowest BCUT2D eigenvalue weighted by molar-refractivity contribution is -0.143.